The number of carboxylic acid groups (broad SMARTS) is 1. The van der Waals surface area contributed by atoms with Gasteiger partial charge in [0.1, 0.15) is 11.8 Å². The molecule has 17 heavy (non-hydrogen) atoms. The lowest BCUT2D eigenvalue weighted by molar-refractivity contribution is -0.139. The van der Waals surface area contributed by atoms with Crippen molar-refractivity contribution < 1.29 is 14.6 Å². The van der Waals surface area contributed by atoms with Gasteiger partial charge in [0.2, 0.25) is 0 Å². The van der Waals surface area contributed by atoms with E-state index in [4.69, 9.17) is 9.84 Å². The van der Waals surface area contributed by atoms with Crippen LogP contribution in [0.5, 0.6) is 5.75 Å². The van der Waals surface area contributed by atoms with Crippen LogP contribution < -0.4 is 10.1 Å². The van der Waals surface area contributed by atoms with Gasteiger partial charge in [-0.25, -0.2) is 0 Å². The minimum Gasteiger partial charge on any atom is -0.497 e. The average Bonchev–Trinajstić information content (AvgIpc) is 2.28. The maximum atomic E-state index is 11.1. The van der Waals surface area contributed by atoms with Crippen LogP contribution in [0.4, 0.5) is 0 Å². The Morgan fingerprint density at radius 3 is 2.35 bits per heavy atom. The number of rotatable bonds is 6. The molecule has 0 radical (unpaired) electrons. The number of aliphatic carboxylic acids is 1. The summed E-state index contributed by atoms with van der Waals surface area (Å²) >= 11 is 0. The zero-order chi connectivity index (χ0) is 12.8. The molecule has 1 atom stereocenters. The van der Waals surface area contributed by atoms with Crippen LogP contribution in [0.15, 0.2) is 24.3 Å². The highest BCUT2D eigenvalue weighted by molar-refractivity contribution is 5.74. The van der Waals surface area contributed by atoms with Gasteiger partial charge in [0, 0.05) is 6.04 Å². The van der Waals surface area contributed by atoms with Crippen LogP contribution >= 0.6 is 0 Å². The number of hydrogen-bond acceptors (Lipinski definition) is 3. The van der Waals surface area contributed by atoms with Crippen molar-refractivity contribution in [2.45, 2.75) is 32.4 Å². The highest BCUT2D eigenvalue weighted by Crippen LogP contribution is 2.13. The predicted molar refractivity (Wildman–Crippen MR) is 66.4 cm³/mol. The molecule has 0 heterocycles. The summed E-state index contributed by atoms with van der Waals surface area (Å²) in [4.78, 5) is 11.1. The molecule has 0 aliphatic rings. The number of nitrogens with one attached hydrogen (secondary N) is 1. The van der Waals surface area contributed by atoms with E-state index < -0.39 is 12.0 Å². The van der Waals surface area contributed by atoms with Gasteiger partial charge in [0.05, 0.1) is 7.11 Å². The average molecular weight is 237 g/mol. The molecule has 94 valence electrons. The van der Waals surface area contributed by atoms with Gasteiger partial charge < -0.3 is 15.2 Å². The van der Waals surface area contributed by atoms with Crippen LogP contribution in [0.2, 0.25) is 0 Å². The Labute approximate surface area is 102 Å². The molecule has 1 rings (SSSR count). The highest BCUT2D eigenvalue weighted by Gasteiger charge is 2.18. The number of carbonyl (C=O) groups is 1. The molecule has 4 heteroatoms. The monoisotopic (exact) mass is 237 g/mol. The molecule has 4 nitrogen and oxygen atoms in total. The second-order valence-corrected chi connectivity index (χ2v) is 4.26. The second kappa shape index (κ2) is 6.25. The zero-order valence-corrected chi connectivity index (χ0v) is 10.4. The van der Waals surface area contributed by atoms with Crippen molar-refractivity contribution in [1.29, 1.82) is 0 Å². The van der Waals surface area contributed by atoms with Crippen LogP contribution in [0.1, 0.15) is 19.4 Å². The molecular weight excluding hydrogens is 218 g/mol. The quantitative estimate of drug-likeness (QED) is 0.790. The summed E-state index contributed by atoms with van der Waals surface area (Å²) in [5, 5.41) is 12.1. The first-order valence-corrected chi connectivity index (χ1v) is 5.64. The highest BCUT2D eigenvalue weighted by atomic mass is 16.5. The van der Waals surface area contributed by atoms with Crippen LogP contribution in [0.3, 0.4) is 0 Å². The smallest absolute Gasteiger partial charge is 0.321 e. The van der Waals surface area contributed by atoms with E-state index in [1.807, 2.05) is 38.1 Å². The molecule has 0 saturated heterocycles. The lowest BCUT2D eigenvalue weighted by Crippen LogP contribution is -2.42. The Morgan fingerprint density at radius 1 is 1.35 bits per heavy atom. The number of benzene rings is 1. The molecule has 2 N–H and O–H groups in total. The molecular formula is C13H19NO3. The van der Waals surface area contributed by atoms with Gasteiger partial charge in [-0.1, -0.05) is 26.0 Å². The number of carboxylic acids is 1. The fourth-order valence-corrected chi connectivity index (χ4v) is 1.62. The summed E-state index contributed by atoms with van der Waals surface area (Å²) < 4.78 is 5.05. The van der Waals surface area contributed by atoms with Crippen molar-refractivity contribution in [1.82, 2.24) is 5.32 Å². The molecule has 0 bridgehead atoms. The first-order valence-electron chi connectivity index (χ1n) is 5.64. The summed E-state index contributed by atoms with van der Waals surface area (Å²) in [5.41, 5.74) is 0.978. The van der Waals surface area contributed by atoms with E-state index in [-0.39, 0.29) is 6.04 Å². The lowest BCUT2D eigenvalue weighted by atomic mass is 10.1. The van der Waals surface area contributed by atoms with Gasteiger partial charge in [0.25, 0.3) is 0 Å². The Balaban J connectivity index is 2.68. The molecule has 0 fully saturated rings. The van der Waals surface area contributed by atoms with E-state index in [2.05, 4.69) is 5.32 Å². The van der Waals surface area contributed by atoms with Gasteiger partial charge in [-0.3, -0.25) is 4.79 Å². The SMILES string of the molecule is COc1ccc(CC(NC(C)C)C(=O)O)cc1. The van der Waals surface area contributed by atoms with Crippen molar-refractivity contribution in [3.8, 4) is 5.75 Å². The van der Waals surface area contributed by atoms with Gasteiger partial charge in [0.15, 0.2) is 0 Å². The molecule has 0 aliphatic heterocycles. The van der Waals surface area contributed by atoms with E-state index in [0.29, 0.717) is 6.42 Å². The number of ether oxygens (including phenoxy) is 1. The summed E-state index contributed by atoms with van der Waals surface area (Å²) in [7, 11) is 1.61. The summed E-state index contributed by atoms with van der Waals surface area (Å²) in [5.74, 6) is -0.0491. The standard InChI is InChI=1S/C13H19NO3/c1-9(2)14-12(13(15)16)8-10-4-6-11(17-3)7-5-10/h4-7,9,12,14H,8H2,1-3H3,(H,15,16). The second-order valence-electron chi connectivity index (χ2n) is 4.26. The molecule has 1 aromatic carbocycles. The Bertz CT molecular complexity index is 359. The lowest BCUT2D eigenvalue weighted by Gasteiger charge is -2.17. The van der Waals surface area contributed by atoms with Crippen LogP contribution in [0, 0.1) is 0 Å². The van der Waals surface area contributed by atoms with E-state index in [0.717, 1.165) is 11.3 Å². The van der Waals surface area contributed by atoms with Crippen molar-refractivity contribution >= 4 is 5.97 Å². The van der Waals surface area contributed by atoms with Gasteiger partial charge in [-0.05, 0) is 24.1 Å². The van der Waals surface area contributed by atoms with Crippen LogP contribution in [-0.2, 0) is 11.2 Å². The van der Waals surface area contributed by atoms with Crippen molar-refractivity contribution in [3.05, 3.63) is 29.8 Å². The van der Waals surface area contributed by atoms with E-state index in [1.165, 1.54) is 0 Å². The number of methoxy groups -OCH3 is 1. The fourth-order valence-electron chi connectivity index (χ4n) is 1.62. The normalized spacial score (nSPS) is 12.5. The maximum Gasteiger partial charge on any atom is 0.321 e. The summed E-state index contributed by atoms with van der Waals surface area (Å²) in [6.45, 7) is 3.87. The van der Waals surface area contributed by atoms with Crippen LogP contribution in [0.25, 0.3) is 0 Å². The van der Waals surface area contributed by atoms with Gasteiger partial charge >= 0.3 is 5.97 Å². The molecule has 0 amide bonds. The minimum absolute atomic E-state index is 0.148. The molecule has 0 spiro atoms. The van der Waals surface area contributed by atoms with Crippen LogP contribution in [-0.4, -0.2) is 30.3 Å². The third-order valence-corrected chi connectivity index (χ3v) is 2.43. The molecule has 0 aromatic heterocycles. The van der Waals surface area contributed by atoms with Gasteiger partial charge in [-0.2, -0.15) is 0 Å². The molecule has 0 aliphatic carbocycles. The van der Waals surface area contributed by atoms with Crippen molar-refractivity contribution in [3.63, 3.8) is 0 Å². The third-order valence-electron chi connectivity index (χ3n) is 2.43. The Kier molecular flexibility index (Phi) is 4.97. The minimum atomic E-state index is -0.825. The maximum absolute atomic E-state index is 11.1. The first-order chi connectivity index (χ1) is 8.02. The molecule has 1 aromatic rings. The molecule has 0 saturated carbocycles. The van der Waals surface area contributed by atoms with E-state index in [9.17, 15) is 4.79 Å². The Hall–Kier alpha value is -1.55. The molecule has 1 unspecified atom stereocenters. The predicted octanol–water partition coefficient (Wildman–Crippen LogP) is 1.69. The topological polar surface area (TPSA) is 58.6 Å². The summed E-state index contributed by atoms with van der Waals surface area (Å²) in [6.07, 6.45) is 0.470. The van der Waals surface area contributed by atoms with E-state index in [1.54, 1.807) is 7.11 Å². The van der Waals surface area contributed by atoms with Gasteiger partial charge in [-0.15, -0.1) is 0 Å². The fraction of sp³-hybridized carbons (Fsp3) is 0.462. The first kappa shape index (κ1) is 13.5. The largest absolute Gasteiger partial charge is 0.497 e. The summed E-state index contributed by atoms with van der Waals surface area (Å²) in [6, 6.07) is 7.04. The third kappa shape index (κ3) is 4.44. The number of hydrogen-bond donors (Lipinski definition) is 2. The van der Waals surface area contributed by atoms with E-state index >= 15 is 0 Å². The zero-order valence-electron chi connectivity index (χ0n) is 10.4. The van der Waals surface area contributed by atoms with Crippen molar-refractivity contribution in [2.75, 3.05) is 7.11 Å². The van der Waals surface area contributed by atoms with Crippen molar-refractivity contribution in [2.24, 2.45) is 0 Å². The Morgan fingerprint density at radius 2 is 1.94 bits per heavy atom.